The first-order valence-corrected chi connectivity index (χ1v) is 6.53. The second kappa shape index (κ2) is 6.52. The van der Waals surface area contributed by atoms with Gasteiger partial charge in [0.25, 0.3) is 0 Å². The van der Waals surface area contributed by atoms with Crippen LogP contribution in [0.5, 0.6) is 0 Å². The first kappa shape index (κ1) is 13.8. The topological polar surface area (TPSA) is 51.7 Å². The van der Waals surface area contributed by atoms with E-state index in [1.165, 1.54) is 7.11 Å². The molecule has 0 atom stereocenters. The van der Waals surface area contributed by atoms with Gasteiger partial charge in [-0.05, 0) is 30.9 Å². The zero-order chi connectivity index (χ0) is 13.7. The van der Waals surface area contributed by atoms with Gasteiger partial charge in [0.2, 0.25) is 0 Å². The maximum Gasteiger partial charge on any atom is 0.338 e. The highest BCUT2D eigenvalue weighted by molar-refractivity contribution is 5.90. The molecule has 0 aliphatic carbocycles. The summed E-state index contributed by atoms with van der Waals surface area (Å²) in [5.41, 5.74) is 0.548. The van der Waals surface area contributed by atoms with E-state index in [2.05, 4.69) is 9.88 Å². The minimum absolute atomic E-state index is 0.321. The number of carbonyl (C=O) groups is 1. The van der Waals surface area contributed by atoms with Gasteiger partial charge in [-0.3, -0.25) is 0 Å². The molecule has 0 amide bonds. The van der Waals surface area contributed by atoms with Gasteiger partial charge in [-0.15, -0.1) is 0 Å². The van der Waals surface area contributed by atoms with Gasteiger partial charge in [0.05, 0.1) is 12.7 Å². The Labute approximate surface area is 113 Å². The van der Waals surface area contributed by atoms with Gasteiger partial charge in [0, 0.05) is 33.0 Å². The third-order valence-corrected chi connectivity index (χ3v) is 3.51. The summed E-state index contributed by atoms with van der Waals surface area (Å²) < 4.78 is 9.92. The van der Waals surface area contributed by atoms with Crippen LogP contribution in [0.15, 0.2) is 18.3 Å². The van der Waals surface area contributed by atoms with Gasteiger partial charge >= 0.3 is 5.97 Å². The molecule has 0 N–H and O–H groups in total. The van der Waals surface area contributed by atoms with Crippen LogP contribution in [0.1, 0.15) is 23.2 Å². The average Bonchev–Trinajstić information content (AvgIpc) is 2.48. The van der Waals surface area contributed by atoms with Crippen LogP contribution in [0.2, 0.25) is 0 Å². The molecule has 1 fully saturated rings. The zero-order valence-electron chi connectivity index (χ0n) is 11.5. The van der Waals surface area contributed by atoms with Crippen LogP contribution in [0.4, 0.5) is 5.82 Å². The molecule has 2 rings (SSSR count). The van der Waals surface area contributed by atoms with Crippen LogP contribution < -0.4 is 4.90 Å². The molecule has 0 bridgehead atoms. The lowest BCUT2D eigenvalue weighted by Crippen LogP contribution is -2.35. The predicted molar refractivity (Wildman–Crippen MR) is 72.4 cm³/mol. The fourth-order valence-electron chi connectivity index (χ4n) is 2.40. The summed E-state index contributed by atoms with van der Waals surface area (Å²) in [6.07, 6.45) is 3.85. The highest BCUT2D eigenvalue weighted by atomic mass is 16.5. The number of hydrogen-bond donors (Lipinski definition) is 0. The van der Waals surface area contributed by atoms with E-state index in [0.717, 1.165) is 38.4 Å². The predicted octanol–water partition coefficient (Wildman–Crippen LogP) is 1.73. The molecular weight excluding hydrogens is 244 g/mol. The van der Waals surface area contributed by atoms with Gasteiger partial charge in [-0.1, -0.05) is 0 Å². The van der Waals surface area contributed by atoms with Gasteiger partial charge in [-0.2, -0.15) is 0 Å². The minimum atomic E-state index is -0.321. The Kier molecular flexibility index (Phi) is 4.74. The summed E-state index contributed by atoms with van der Waals surface area (Å²) in [4.78, 5) is 18.0. The van der Waals surface area contributed by atoms with Crippen molar-refractivity contribution >= 4 is 11.8 Å². The number of hydrogen-bond acceptors (Lipinski definition) is 5. The Morgan fingerprint density at radius 2 is 2.16 bits per heavy atom. The summed E-state index contributed by atoms with van der Waals surface area (Å²) in [7, 11) is 3.13. The Morgan fingerprint density at radius 1 is 1.42 bits per heavy atom. The third-order valence-electron chi connectivity index (χ3n) is 3.51. The van der Waals surface area contributed by atoms with Crippen LogP contribution in [0.25, 0.3) is 0 Å². The molecule has 0 unspecified atom stereocenters. The van der Waals surface area contributed by atoms with E-state index in [9.17, 15) is 4.79 Å². The molecule has 0 saturated carbocycles. The molecule has 104 valence electrons. The van der Waals surface area contributed by atoms with Gasteiger partial charge < -0.3 is 14.4 Å². The fourth-order valence-corrected chi connectivity index (χ4v) is 2.40. The second-order valence-electron chi connectivity index (χ2n) is 4.78. The van der Waals surface area contributed by atoms with Crippen LogP contribution in [-0.2, 0) is 9.47 Å². The van der Waals surface area contributed by atoms with Crippen molar-refractivity contribution in [1.29, 1.82) is 0 Å². The minimum Gasteiger partial charge on any atom is -0.465 e. The van der Waals surface area contributed by atoms with Crippen LogP contribution in [0.3, 0.4) is 0 Å². The number of rotatable bonds is 4. The molecule has 0 radical (unpaired) electrons. The Bertz CT molecular complexity index is 428. The van der Waals surface area contributed by atoms with Crippen LogP contribution >= 0.6 is 0 Å². The molecule has 1 aromatic heterocycles. The quantitative estimate of drug-likeness (QED) is 0.775. The van der Waals surface area contributed by atoms with Crippen molar-refractivity contribution in [2.75, 3.05) is 38.8 Å². The first-order valence-electron chi connectivity index (χ1n) is 6.53. The van der Waals surface area contributed by atoms with Crippen molar-refractivity contribution in [3.63, 3.8) is 0 Å². The number of esters is 1. The highest BCUT2D eigenvalue weighted by Gasteiger charge is 2.20. The van der Waals surface area contributed by atoms with Crippen molar-refractivity contribution in [2.45, 2.75) is 12.8 Å². The third kappa shape index (κ3) is 3.44. The van der Waals surface area contributed by atoms with Crippen LogP contribution in [-0.4, -0.2) is 44.9 Å². The van der Waals surface area contributed by atoms with E-state index < -0.39 is 0 Å². The van der Waals surface area contributed by atoms with E-state index in [1.54, 1.807) is 25.4 Å². The van der Waals surface area contributed by atoms with E-state index in [0.29, 0.717) is 11.5 Å². The maximum absolute atomic E-state index is 11.5. The monoisotopic (exact) mass is 264 g/mol. The van der Waals surface area contributed by atoms with E-state index in [1.807, 2.05) is 0 Å². The largest absolute Gasteiger partial charge is 0.465 e. The van der Waals surface area contributed by atoms with Gasteiger partial charge in [0.1, 0.15) is 5.82 Å². The Balaban J connectivity index is 2.01. The maximum atomic E-state index is 11.5. The molecule has 1 aliphatic rings. The van der Waals surface area contributed by atoms with Crippen molar-refractivity contribution in [2.24, 2.45) is 5.92 Å². The molecule has 5 nitrogen and oxygen atoms in total. The first-order chi connectivity index (χ1) is 9.24. The molecule has 1 aromatic rings. The van der Waals surface area contributed by atoms with Gasteiger partial charge in [0.15, 0.2) is 0 Å². The standard InChI is InChI=1S/C14H20N2O3/c1-18-10-11-4-7-16(8-5-11)13-9-12(3-6-15-13)14(17)19-2/h3,6,9,11H,4-5,7-8,10H2,1-2H3. The number of anilines is 1. The average molecular weight is 264 g/mol. The number of ether oxygens (including phenoxy) is 2. The van der Waals surface area contributed by atoms with Crippen molar-refractivity contribution < 1.29 is 14.3 Å². The molecule has 19 heavy (non-hydrogen) atoms. The normalized spacial score (nSPS) is 16.4. The molecule has 0 spiro atoms. The number of piperidine rings is 1. The highest BCUT2D eigenvalue weighted by Crippen LogP contribution is 2.22. The molecule has 1 saturated heterocycles. The fraction of sp³-hybridized carbons (Fsp3) is 0.571. The molecule has 2 heterocycles. The number of aromatic nitrogens is 1. The summed E-state index contributed by atoms with van der Waals surface area (Å²) in [5.74, 6) is 1.15. The zero-order valence-corrected chi connectivity index (χ0v) is 11.5. The van der Waals surface area contributed by atoms with Crippen molar-refractivity contribution in [3.8, 4) is 0 Å². The summed E-state index contributed by atoms with van der Waals surface area (Å²) >= 11 is 0. The lowest BCUT2D eigenvalue weighted by molar-refractivity contribution is 0.0600. The number of methoxy groups -OCH3 is 2. The number of pyridine rings is 1. The van der Waals surface area contributed by atoms with E-state index >= 15 is 0 Å². The number of carbonyl (C=O) groups excluding carboxylic acids is 1. The summed E-state index contributed by atoms with van der Waals surface area (Å²) in [6.45, 7) is 2.72. The van der Waals surface area contributed by atoms with Crippen molar-refractivity contribution in [1.82, 2.24) is 4.98 Å². The van der Waals surface area contributed by atoms with Crippen LogP contribution in [0, 0.1) is 5.92 Å². The molecule has 5 heteroatoms. The Morgan fingerprint density at radius 3 is 2.79 bits per heavy atom. The molecule has 0 aromatic carbocycles. The SMILES string of the molecule is COCC1CCN(c2cc(C(=O)OC)ccn2)CC1. The van der Waals surface area contributed by atoms with E-state index in [4.69, 9.17) is 9.47 Å². The summed E-state index contributed by atoms with van der Waals surface area (Å²) in [5, 5.41) is 0. The van der Waals surface area contributed by atoms with Gasteiger partial charge in [-0.25, -0.2) is 9.78 Å². The lowest BCUT2D eigenvalue weighted by atomic mass is 9.98. The second-order valence-corrected chi connectivity index (χ2v) is 4.78. The number of nitrogens with zero attached hydrogens (tertiary/aromatic N) is 2. The lowest BCUT2D eigenvalue weighted by Gasteiger charge is -2.32. The smallest absolute Gasteiger partial charge is 0.338 e. The summed E-state index contributed by atoms with van der Waals surface area (Å²) in [6, 6.07) is 3.47. The van der Waals surface area contributed by atoms with Crippen molar-refractivity contribution in [3.05, 3.63) is 23.9 Å². The Hall–Kier alpha value is -1.62. The van der Waals surface area contributed by atoms with E-state index in [-0.39, 0.29) is 5.97 Å². The molecule has 1 aliphatic heterocycles. The molecular formula is C14H20N2O3.